The second-order valence-corrected chi connectivity index (χ2v) is 11.4. The van der Waals surface area contributed by atoms with Crippen molar-refractivity contribution in [3.63, 3.8) is 0 Å². The average Bonchev–Trinajstić information content (AvgIpc) is 3.42. The third-order valence-electron chi connectivity index (χ3n) is 8.05. The molecule has 1 aromatic heterocycles. The van der Waals surface area contributed by atoms with Crippen LogP contribution in [0.3, 0.4) is 0 Å². The van der Waals surface area contributed by atoms with Gasteiger partial charge in [0.2, 0.25) is 0 Å². The second-order valence-electron chi connectivity index (χ2n) is 11.4. The molecule has 0 radical (unpaired) electrons. The number of hydrogen-bond acceptors (Lipinski definition) is 5. The van der Waals surface area contributed by atoms with E-state index in [1.54, 1.807) is 45.5 Å². The van der Waals surface area contributed by atoms with Gasteiger partial charge < -0.3 is 19.6 Å². The first-order valence-electron chi connectivity index (χ1n) is 14.4. The van der Waals surface area contributed by atoms with E-state index in [-0.39, 0.29) is 24.9 Å². The molecule has 1 aliphatic heterocycles. The van der Waals surface area contributed by atoms with Crippen LogP contribution in [0, 0.1) is 12.8 Å². The minimum atomic E-state index is -5.20. The number of carbonyl (C=O) groups is 2. The lowest BCUT2D eigenvalue weighted by molar-refractivity contribution is -0.262. The van der Waals surface area contributed by atoms with E-state index in [4.69, 9.17) is 4.74 Å². The van der Waals surface area contributed by atoms with E-state index in [1.165, 1.54) is 27.9 Å². The third-order valence-corrected chi connectivity index (χ3v) is 8.05. The van der Waals surface area contributed by atoms with Gasteiger partial charge in [-0.2, -0.15) is 18.3 Å². The maximum absolute atomic E-state index is 14.3. The first-order valence-corrected chi connectivity index (χ1v) is 14.4. The minimum absolute atomic E-state index is 0.0603. The van der Waals surface area contributed by atoms with Crippen LogP contribution in [0.25, 0.3) is 11.1 Å². The maximum Gasteiger partial charge on any atom is 0.430 e. The molecule has 1 saturated heterocycles. The highest BCUT2D eigenvalue weighted by Gasteiger charge is 2.62. The van der Waals surface area contributed by atoms with Gasteiger partial charge in [-0.05, 0) is 73.9 Å². The Balaban J connectivity index is 1.29. The number of halogens is 3. The SMILES string of the molecule is Cc1cc(OCCCCC2CCN(C(=O)[C@](O)(c3cccc(-c4cnn(C)c4)c3)C(F)(F)F)CC2)ccc1C(=O)N(C)C. The number of unbranched alkanes of at least 4 members (excludes halogenated alkanes) is 1. The zero-order valence-corrected chi connectivity index (χ0v) is 25.0. The molecule has 1 fully saturated rings. The van der Waals surface area contributed by atoms with E-state index >= 15 is 0 Å². The Kier molecular flexibility index (Phi) is 9.84. The van der Waals surface area contributed by atoms with Gasteiger partial charge in [-0.1, -0.05) is 24.6 Å². The molecule has 0 spiro atoms. The van der Waals surface area contributed by atoms with Gasteiger partial charge in [0.25, 0.3) is 17.4 Å². The molecule has 1 N–H and O–H groups in total. The first kappa shape index (κ1) is 32.1. The van der Waals surface area contributed by atoms with Crippen molar-refractivity contribution in [1.82, 2.24) is 19.6 Å². The van der Waals surface area contributed by atoms with Crippen molar-refractivity contribution in [2.75, 3.05) is 33.8 Å². The molecule has 3 aromatic rings. The van der Waals surface area contributed by atoms with Crippen LogP contribution in [-0.4, -0.2) is 76.5 Å². The lowest BCUT2D eigenvalue weighted by Crippen LogP contribution is -2.57. The molecule has 4 rings (SSSR count). The number of rotatable bonds is 10. The van der Waals surface area contributed by atoms with Crippen molar-refractivity contribution in [3.05, 3.63) is 71.5 Å². The van der Waals surface area contributed by atoms with Crippen LogP contribution < -0.4 is 4.74 Å². The predicted octanol–water partition coefficient (Wildman–Crippen LogP) is 5.34. The Morgan fingerprint density at radius 2 is 1.79 bits per heavy atom. The summed E-state index contributed by atoms with van der Waals surface area (Å²) >= 11 is 0. The van der Waals surface area contributed by atoms with E-state index in [0.717, 1.165) is 35.8 Å². The Hall–Kier alpha value is -3.86. The molecular weight excluding hydrogens is 561 g/mol. The molecule has 2 heterocycles. The van der Waals surface area contributed by atoms with Gasteiger partial charge >= 0.3 is 6.18 Å². The number of aliphatic hydroxyl groups is 1. The lowest BCUT2D eigenvalue weighted by atomic mass is 9.87. The smallest absolute Gasteiger partial charge is 0.430 e. The molecule has 2 amide bonds. The summed E-state index contributed by atoms with van der Waals surface area (Å²) in [7, 11) is 5.11. The van der Waals surface area contributed by atoms with Gasteiger partial charge in [0.15, 0.2) is 0 Å². The number of aryl methyl sites for hydroxylation is 2. The molecule has 43 heavy (non-hydrogen) atoms. The summed E-state index contributed by atoms with van der Waals surface area (Å²) in [4.78, 5) is 28.1. The number of alkyl halides is 3. The summed E-state index contributed by atoms with van der Waals surface area (Å²) in [5, 5.41) is 15.0. The normalized spacial score (nSPS) is 15.7. The molecule has 0 aliphatic carbocycles. The van der Waals surface area contributed by atoms with Crippen molar-refractivity contribution in [2.24, 2.45) is 13.0 Å². The summed E-state index contributed by atoms with van der Waals surface area (Å²) in [5.74, 6) is -0.433. The Bertz CT molecular complexity index is 1430. The number of likely N-dealkylation sites (tertiary alicyclic amines) is 1. The number of benzene rings is 2. The zero-order chi connectivity index (χ0) is 31.4. The molecule has 2 aromatic carbocycles. The first-order chi connectivity index (χ1) is 20.3. The van der Waals surface area contributed by atoms with Gasteiger partial charge in [-0.15, -0.1) is 0 Å². The zero-order valence-electron chi connectivity index (χ0n) is 25.0. The monoisotopic (exact) mass is 600 g/mol. The van der Waals surface area contributed by atoms with Crippen molar-refractivity contribution >= 4 is 11.8 Å². The fourth-order valence-electron chi connectivity index (χ4n) is 5.49. The van der Waals surface area contributed by atoms with Gasteiger partial charge in [-0.25, -0.2) is 0 Å². The molecule has 1 aliphatic rings. The summed E-state index contributed by atoms with van der Waals surface area (Å²) in [6, 6.07) is 10.8. The average molecular weight is 601 g/mol. The number of ether oxygens (including phenoxy) is 1. The topological polar surface area (TPSA) is 87.9 Å². The van der Waals surface area contributed by atoms with Crippen molar-refractivity contribution < 1.29 is 32.6 Å². The van der Waals surface area contributed by atoms with Crippen molar-refractivity contribution in [1.29, 1.82) is 0 Å². The fourth-order valence-corrected chi connectivity index (χ4v) is 5.49. The molecule has 8 nitrogen and oxygen atoms in total. The van der Waals surface area contributed by atoms with Crippen molar-refractivity contribution in [3.8, 4) is 16.9 Å². The van der Waals surface area contributed by atoms with Crippen LogP contribution in [-0.2, 0) is 17.4 Å². The number of aromatic nitrogens is 2. The lowest BCUT2D eigenvalue weighted by Gasteiger charge is -2.38. The highest BCUT2D eigenvalue weighted by molar-refractivity contribution is 5.95. The molecule has 11 heteroatoms. The number of piperidine rings is 1. The predicted molar refractivity (Wildman–Crippen MR) is 156 cm³/mol. The summed E-state index contributed by atoms with van der Waals surface area (Å²) < 4.78 is 50.4. The molecule has 0 saturated carbocycles. The van der Waals surface area contributed by atoms with Gasteiger partial charge in [-0.3, -0.25) is 14.3 Å². The van der Waals surface area contributed by atoms with Crippen LogP contribution in [0.1, 0.15) is 53.6 Å². The highest BCUT2D eigenvalue weighted by atomic mass is 19.4. The third kappa shape index (κ3) is 7.21. The minimum Gasteiger partial charge on any atom is -0.494 e. The standard InChI is InChI=1S/C32H39F3N4O4/c1-22-18-27(11-12-28(22)29(40)37(2)3)43-17-6-5-8-23-13-15-39(16-14-23)30(41)31(42,32(33,34)35)26-10-7-9-24(19-26)25-20-36-38(4)21-25/h7,9-12,18-21,23,42H,5-6,8,13-17H2,1-4H3/t31-/m1/s1. The Morgan fingerprint density at radius 3 is 2.40 bits per heavy atom. The van der Waals surface area contributed by atoms with E-state index < -0.39 is 23.2 Å². The number of nitrogens with zero attached hydrogens (tertiary/aromatic N) is 4. The maximum atomic E-state index is 14.3. The number of carbonyl (C=O) groups excluding carboxylic acids is 2. The van der Waals surface area contributed by atoms with Crippen LogP contribution >= 0.6 is 0 Å². The number of hydrogen-bond donors (Lipinski definition) is 1. The van der Waals surface area contributed by atoms with Crippen LogP contribution in [0.2, 0.25) is 0 Å². The van der Waals surface area contributed by atoms with Crippen molar-refractivity contribution in [2.45, 2.75) is 50.8 Å². The van der Waals surface area contributed by atoms with E-state index in [0.29, 0.717) is 41.9 Å². The summed E-state index contributed by atoms with van der Waals surface area (Å²) in [6.45, 7) is 2.68. The van der Waals surface area contributed by atoms with E-state index in [1.807, 2.05) is 13.0 Å². The summed E-state index contributed by atoms with van der Waals surface area (Å²) in [5.41, 5.74) is -1.67. The summed E-state index contributed by atoms with van der Waals surface area (Å²) in [6.07, 6.45) is 1.65. The molecule has 0 unspecified atom stereocenters. The van der Waals surface area contributed by atoms with Gasteiger partial charge in [0.05, 0.1) is 12.8 Å². The van der Waals surface area contributed by atoms with Crippen LogP contribution in [0.4, 0.5) is 13.2 Å². The molecule has 232 valence electrons. The fraction of sp³-hybridized carbons (Fsp3) is 0.469. The van der Waals surface area contributed by atoms with Crippen LogP contribution in [0.15, 0.2) is 54.9 Å². The van der Waals surface area contributed by atoms with Gasteiger partial charge in [0, 0.05) is 57.1 Å². The van der Waals surface area contributed by atoms with Crippen LogP contribution in [0.5, 0.6) is 5.75 Å². The highest BCUT2D eigenvalue weighted by Crippen LogP contribution is 2.42. The Labute approximate surface area is 250 Å². The second kappa shape index (κ2) is 13.2. The quantitative estimate of drug-likeness (QED) is 0.318. The van der Waals surface area contributed by atoms with E-state index in [2.05, 4.69) is 5.10 Å². The Morgan fingerprint density at radius 1 is 1.07 bits per heavy atom. The largest absolute Gasteiger partial charge is 0.494 e. The molecule has 0 bridgehead atoms. The van der Waals surface area contributed by atoms with Gasteiger partial charge in [0.1, 0.15) is 5.75 Å². The van der Waals surface area contributed by atoms with E-state index in [9.17, 15) is 27.9 Å². The molecule has 1 atom stereocenters. The number of amides is 2. The molecular formula is C32H39F3N4O4.